The van der Waals surface area contributed by atoms with Gasteiger partial charge in [0.25, 0.3) is 0 Å². The highest BCUT2D eigenvalue weighted by Crippen LogP contribution is 1.91. The Hall–Kier alpha value is -1.22. The van der Waals surface area contributed by atoms with Crippen molar-refractivity contribution in [3.05, 3.63) is 0 Å². The normalized spacial score (nSPS) is 13.1. The zero-order valence-corrected chi connectivity index (χ0v) is 18.3. The van der Waals surface area contributed by atoms with Crippen molar-refractivity contribution in [2.24, 2.45) is 0 Å². The van der Waals surface area contributed by atoms with Crippen molar-refractivity contribution in [2.75, 3.05) is 40.1 Å². The van der Waals surface area contributed by atoms with Gasteiger partial charge in [-0.3, -0.25) is 9.59 Å². The minimum Gasteiger partial charge on any atom is -0.460 e. The Balaban J connectivity index is -0.000000322. The third-order valence-electron chi connectivity index (χ3n) is 2.40. The fourth-order valence-corrected chi connectivity index (χ4v) is 1.55. The van der Waals surface area contributed by atoms with E-state index in [0.29, 0.717) is 26.4 Å². The summed E-state index contributed by atoms with van der Waals surface area (Å²) < 4.78 is 24.3. The lowest BCUT2D eigenvalue weighted by atomic mass is 10.4. The van der Waals surface area contributed by atoms with Crippen LogP contribution in [-0.2, 0) is 33.3 Å². The monoisotopic (exact) mass is 396 g/mol. The smallest absolute Gasteiger partial charge is 0.302 e. The first-order chi connectivity index (χ1) is 12.6. The Morgan fingerprint density at radius 3 is 1.67 bits per heavy atom. The van der Waals surface area contributed by atoms with E-state index in [1.54, 1.807) is 27.9 Å². The standard InChI is InChI=1S/C7H14O3.C6H12O3.C6H14O2/c1-4-9-5-6(2)10-7(3)8;1-5(4-8-3)9-6(2)7;1-3-4-8-5-6(2)7/h6H,4-5H2,1-3H3;5H,4H2,1-3H3;6-7H,3-5H2,1-2H3. The van der Waals surface area contributed by atoms with Gasteiger partial charge in [0.05, 0.1) is 25.9 Å². The van der Waals surface area contributed by atoms with E-state index in [1.807, 2.05) is 13.8 Å². The molecule has 0 aliphatic rings. The van der Waals surface area contributed by atoms with Gasteiger partial charge in [-0.1, -0.05) is 6.92 Å². The van der Waals surface area contributed by atoms with E-state index in [1.165, 1.54) is 13.8 Å². The lowest BCUT2D eigenvalue weighted by Gasteiger charge is -2.10. The predicted octanol–water partition coefficient (Wildman–Crippen LogP) is 2.35. The SMILES string of the molecule is CCCOCC(C)O.CCOCC(C)OC(C)=O.COCC(C)OC(C)=O. The van der Waals surface area contributed by atoms with Crippen LogP contribution in [0.15, 0.2) is 0 Å². The molecular formula is C19H40O8. The van der Waals surface area contributed by atoms with Gasteiger partial charge in [0.15, 0.2) is 0 Å². The van der Waals surface area contributed by atoms with Gasteiger partial charge in [-0.25, -0.2) is 0 Å². The summed E-state index contributed by atoms with van der Waals surface area (Å²) >= 11 is 0. The molecule has 8 nitrogen and oxygen atoms in total. The van der Waals surface area contributed by atoms with Crippen LogP contribution < -0.4 is 0 Å². The highest BCUT2D eigenvalue weighted by Gasteiger charge is 2.03. The number of hydrogen-bond acceptors (Lipinski definition) is 8. The minimum atomic E-state index is -0.318. The summed E-state index contributed by atoms with van der Waals surface area (Å²) in [5.41, 5.74) is 0. The summed E-state index contributed by atoms with van der Waals surface area (Å²) in [7, 11) is 1.57. The van der Waals surface area contributed by atoms with Crippen molar-refractivity contribution < 1.29 is 38.4 Å². The van der Waals surface area contributed by atoms with Gasteiger partial charge >= 0.3 is 11.9 Å². The van der Waals surface area contributed by atoms with Gasteiger partial charge < -0.3 is 28.8 Å². The molecule has 0 bridgehead atoms. The van der Waals surface area contributed by atoms with E-state index in [4.69, 9.17) is 28.8 Å². The fraction of sp³-hybridized carbons (Fsp3) is 0.895. The van der Waals surface area contributed by atoms with Crippen molar-refractivity contribution in [1.82, 2.24) is 0 Å². The zero-order valence-electron chi connectivity index (χ0n) is 18.3. The van der Waals surface area contributed by atoms with E-state index < -0.39 is 0 Å². The number of methoxy groups -OCH3 is 1. The van der Waals surface area contributed by atoms with Gasteiger partial charge in [0.2, 0.25) is 0 Å². The van der Waals surface area contributed by atoms with E-state index in [2.05, 4.69) is 0 Å². The Labute approximate surface area is 164 Å². The minimum absolute atomic E-state index is 0.127. The number of esters is 2. The van der Waals surface area contributed by atoms with Gasteiger partial charge in [0, 0.05) is 34.2 Å². The van der Waals surface area contributed by atoms with Gasteiger partial charge in [0.1, 0.15) is 12.2 Å². The van der Waals surface area contributed by atoms with Crippen molar-refractivity contribution >= 4 is 11.9 Å². The largest absolute Gasteiger partial charge is 0.460 e. The van der Waals surface area contributed by atoms with E-state index in [-0.39, 0.29) is 30.3 Å². The van der Waals surface area contributed by atoms with E-state index in [9.17, 15) is 9.59 Å². The van der Waals surface area contributed by atoms with Gasteiger partial charge in [-0.2, -0.15) is 0 Å². The summed E-state index contributed by atoms with van der Waals surface area (Å²) in [6.07, 6.45) is 0.443. The summed E-state index contributed by atoms with van der Waals surface area (Å²) in [6, 6.07) is 0. The Kier molecular flexibility index (Phi) is 25.8. The third-order valence-corrected chi connectivity index (χ3v) is 2.40. The molecule has 0 amide bonds. The van der Waals surface area contributed by atoms with Crippen LogP contribution in [0.1, 0.15) is 54.9 Å². The van der Waals surface area contributed by atoms with Gasteiger partial charge in [-0.05, 0) is 34.1 Å². The van der Waals surface area contributed by atoms with Crippen LogP contribution >= 0.6 is 0 Å². The molecule has 0 aromatic heterocycles. The molecule has 8 heteroatoms. The second kappa shape index (κ2) is 22.8. The fourth-order valence-electron chi connectivity index (χ4n) is 1.55. The maximum Gasteiger partial charge on any atom is 0.302 e. The first kappa shape index (κ1) is 30.5. The highest BCUT2D eigenvalue weighted by molar-refractivity contribution is 5.66. The Morgan fingerprint density at radius 1 is 0.852 bits per heavy atom. The molecule has 0 radical (unpaired) electrons. The summed E-state index contributed by atoms with van der Waals surface area (Å²) in [6.45, 7) is 14.8. The molecule has 27 heavy (non-hydrogen) atoms. The molecule has 0 saturated carbocycles. The molecule has 0 fully saturated rings. The number of hydrogen-bond donors (Lipinski definition) is 1. The molecule has 0 heterocycles. The summed E-state index contributed by atoms with van der Waals surface area (Å²) in [5.74, 6) is -0.522. The zero-order chi connectivity index (χ0) is 21.7. The molecule has 0 spiro atoms. The number of carbonyl (C=O) groups excluding carboxylic acids is 2. The van der Waals surface area contributed by atoms with E-state index >= 15 is 0 Å². The van der Waals surface area contributed by atoms with Crippen LogP contribution in [0.5, 0.6) is 0 Å². The van der Waals surface area contributed by atoms with Crippen LogP contribution in [0.25, 0.3) is 0 Å². The maximum atomic E-state index is 10.3. The lowest BCUT2D eigenvalue weighted by Crippen LogP contribution is -2.18. The molecule has 3 atom stereocenters. The first-order valence-electron chi connectivity index (χ1n) is 9.27. The van der Waals surface area contributed by atoms with Crippen LogP contribution in [-0.4, -0.2) is 75.5 Å². The quantitative estimate of drug-likeness (QED) is 0.420. The molecule has 3 unspecified atom stereocenters. The average molecular weight is 397 g/mol. The summed E-state index contributed by atoms with van der Waals surface area (Å²) in [4.78, 5) is 20.6. The van der Waals surface area contributed by atoms with Crippen molar-refractivity contribution in [3.63, 3.8) is 0 Å². The molecule has 164 valence electrons. The number of aliphatic hydroxyl groups is 1. The average Bonchev–Trinajstić information content (AvgIpc) is 2.53. The predicted molar refractivity (Wildman–Crippen MR) is 104 cm³/mol. The Morgan fingerprint density at radius 2 is 1.33 bits per heavy atom. The topological polar surface area (TPSA) is 101 Å². The second-order valence-electron chi connectivity index (χ2n) is 5.88. The number of carbonyl (C=O) groups is 2. The Bertz CT molecular complexity index is 334. The molecule has 0 saturated heterocycles. The molecule has 0 aromatic carbocycles. The summed E-state index contributed by atoms with van der Waals surface area (Å²) in [5, 5.41) is 8.65. The molecular weight excluding hydrogens is 356 g/mol. The van der Waals surface area contributed by atoms with Gasteiger partial charge in [-0.15, -0.1) is 0 Å². The maximum absolute atomic E-state index is 10.3. The van der Waals surface area contributed by atoms with Crippen LogP contribution in [0.3, 0.4) is 0 Å². The van der Waals surface area contributed by atoms with Crippen molar-refractivity contribution in [2.45, 2.75) is 73.2 Å². The number of rotatable bonds is 11. The van der Waals surface area contributed by atoms with E-state index in [0.717, 1.165) is 13.0 Å². The van der Waals surface area contributed by atoms with Crippen LogP contribution in [0.2, 0.25) is 0 Å². The molecule has 0 aliphatic carbocycles. The van der Waals surface area contributed by atoms with Crippen molar-refractivity contribution in [3.8, 4) is 0 Å². The second-order valence-corrected chi connectivity index (χ2v) is 5.88. The first-order valence-corrected chi connectivity index (χ1v) is 9.27. The molecule has 1 N–H and O–H groups in total. The van der Waals surface area contributed by atoms with Crippen LogP contribution in [0, 0.1) is 0 Å². The third kappa shape index (κ3) is 36.5. The molecule has 0 aromatic rings. The van der Waals surface area contributed by atoms with Crippen molar-refractivity contribution in [1.29, 1.82) is 0 Å². The number of aliphatic hydroxyl groups excluding tert-OH is 1. The highest BCUT2D eigenvalue weighted by atomic mass is 16.6. The number of ether oxygens (including phenoxy) is 5. The van der Waals surface area contributed by atoms with Crippen LogP contribution in [0.4, 0.5) is 0 Å². The lowest BCUT2D eigenvalue weighted by molar-refractivity contribution is -0.148. The molecule has 0 aliphatic heterocycles. The molecule has 0 rings (SSSR count).